The SMILES string of the molecule is Cn1c(SCC(=O)Nc2ccccc2Sc2ccccc2)nc2cc(Cl)ccc2c1=O. The van der Waals surface area contributed by atoms with Gasteiger partial charge in [-0.15, -0.1) is 0 Å². The number of para-hydroxylation sites is 1. The highest BCUT2D eigenvalue weighted by Gasteiger charge is 2.13. The molecule has 1 heterocycles. The predicted molar refractivity (Wildman–Crippen MR) is 128 cm³/mol. The molecule has 0 saturated carbocycles. The van der Waals surface area contributed by atoms with Gasteiger partial charge in [0.25, 0.3) is 5.56 Å². The van der Waals surface area contributed by atoms with E-state index in [4.69, 9.17) is 11.6 Å². The lowest BCUT2D eigenvalue weighted by Gasteiger charge is -2.12. The minimum atomic E-state index is -0.174. The summed E-state index contributed by atoms with van der Waals surface area (Å²) in [5.74, 6) is -0.0528. The summed E-state index contributed by atoms with van der Waals surface area (Å²) < 4.78 is 1.45. The summed E-state index contributed by atoms with van der Waals surface area (Å²) in [6, 6.07) is 22.6. The van der Waals surface area contributed by atoms with Crippen LogP contribution in [0.5, 0.6) is 0 Å². The van der Waals surface area contributed by atoms with Gasteiger partial charge in [0.05, 0.1) is 22.3 Å². The molecule has 0 radical (unpaired) electrons. The van der Waals surface area contributed by atoms with E-state index in [1.807, 2.05) is 54.6 Å². The fourth-order valence-corrected chi connectivity index (χ4v) is 4.80. The first-order valence-corrected chi connectivity index (χ1v) is 11.6. The lowest BCUT2D eigenvalue weighted by atomic mass is 10.2. The molecule has 5 nitrogen and oxygen atoms in total. The van der Waals surface area contributed by atoms with Gasteiger partial charge in [-0.25, -0.2) is 4.98 Å². The number of anilines is 1. The average Bonchev–Trinajstić information content (AvgIpc) is 2.77. The third kappa shape index (κ3) is 5.12. The van der Waals surface area contributed by atoms with Gasteiger partial charge in [-0.3, -0.25) is 14.2 Å². The maximum atomic E-state index is 12.6. The van der Waals surface area contributed by atoms with E-state index in [9.17, 15) is 9.59 Å². The van der Waals surface area contributed by atoms with Crippen molar-refractivity contribution in [1.82, 2.24) is 9.55 Å². The van der Waals surface area contributed by atoms with E-state index in [2.05, 4.69) is 10.3 Å². The van der Waals surface area contributed by atoms with E-state index >= 15 is 0 Å². The van der Waals surface area contributed by atoms with E-state index in [0.29, 0.717) is 21.1 Å². The molecular weight excluding hydrogens is 450 g/mol. The number of hydrogen-bond donors (Lipinski definition) is 1. The molecule has 8 heteroatoms. The summed E-state index contributed by atoms with van der Waals surface area (Å²) in [5, 5.41) is 4.43. The molecule has 0 unspecified atom stereocenters. The molecule has 0 aliphatic carbocycles. The monoisotopic (exact) mass is 467 g/mol. The number of hydrogen-bond acceptors (Lipinski definition) is 5. The molecule has 4 aromatic rings. The smallest absolute Gasteiger partial charge is 0.261 e. The zero-order valence-electron chi connectivity index (χ0n) is 16.5. The summed E-state index contributed by atoms with van der Waals surface area (Å²) in [7, 11) is 1.65. The molecule has 0 bridgehead atoms. The van der Waals surface area contributed by atoms with Gasteiger partial charge in [0.1, 0.15) is 0 Å². The number of amides is 1. The molecule has 0 fully saturated rings. The van der Waals surface area contributed by atoms with E-state index in [-0.39, 0.29) is 17.2 Å². The second-order valence-corrected chi connectivity index (χ2v) is 9.16. The Labute approximate surface area is 192 Å². The summed E-state index contributed by atoms with van der Waals surface area (Å²) in [6.45, 7) is 0. The standard InChI is InChI=1S/C23H18ClN3O2S2/c1-27-22(29)17-12-11-15(24)13-19(17)26-23(27)30-14-21(28)25-18-9-5-6-10-20(18)31-16-7-3-2-4-8-16/h2-13H,14H2,1H3,(H,25,28). The Morgan fingerprint density at radius 1 is 1.06 bits per heavy atom. The first kappa shape index (κ1) is 21.5. The van der Waals surface area contributed by atoms with Crippen LogP contribution in [0.3, 0.4) is 0 Å². The van der Waals surface area contributed by atoms with Crippen LogP contribution in [-0.4, -0.2) is 21.2 Å². The van der Waals surface area contributed by atoms with Crippen LogP contribution >= 0.6 is 35.1 Å². The van der Waals surface area contributed by atoms with Crippen molar-refractivity contribution < 1.29 is 4.79 Å². The van der Waals surface area contributed by atoms with Crippen LogP contribution in [0.25, 0.3) is 10.9 Å². The molecule has 3 aromatic carbocycles. The van der Waals surface area contributed by atoms with Crippen LogP contribution in [0.1, 0.15) is 0 Å². The highest BCUT2D eigenvalue weighted by atomic mass is 35.5. The molecule has 0 aliphatic heterocycles. The number of nitrogens with zero attached hydrogens (tertiary/aromatic N) is 2. The van der Waals surface area contributed by atoms with Gasteiger partial charge >= 0.3 is 0 Å². The van der Waals surface area contributed by atoms with Crippen molar-refractivity contribution in [2.75, 3.05) is 11.1 Å². The number of carbonyl (C=O) groups excluding carboxylic acids is 1. The molecule has 0 atom stereocenters. The van der Waals surface area contributed by atoms with Gasteiger partial charge in [-0.2, -0.15) is 0 Å². The highest BCUT2D eigenvalue weighted by molar-refractivity contribution is 8.00. The Bertz CT molecular complexity index is 1310. The van der Waals surface area contributed by atoms with Gasteiger partial charge in [0, 0.05) is 21.9 Å². The van der Waals surface area contributed by atoms with Crippen molar-refractivity contribution in [1.29, 1.82) is 0 Å². The lowest BCUT2D eigenvalue weighted by molar-refractivity contribution is -0.113. The molecule has 1 amide bonds. The Hall–Kier alpha value is -2.74. The van der Waals surface area contributed by atoms with Crippen LogP contribution in [0, 0.1) is 0 Å². The Balaban J connectivity index is 1.48. The molecular formula is C23H18ClN3O2S2. The van der Waals surface area contributed by atoms with Gasteiger partial charge < -0.3 is 5.32 Å². The van der Waals surface area contributed by atoms with Gasteiger partial charge in [0.2, 0.25) is 5.91 Å². The highest BCUT2D eigenvalue weighted by Crippen LogP contribution is 2.33. The molecule has 0 aliphatic rings. The molecule has 4 rings (SSSR count). The van der Waals surface area contributed by atoms with E-state index in [1.165, 1.54) is 16.3 Å². The normalized spacial score (nSPS) is 10.9. The number of benzene rings is 3. The van der Waals surface area contributed by atoms with Gasteiger partial charge in [-0.1, -0.05) is 65.5 Å². The van der Waals surface area contributed by atoms with Crippen LogP contribution in [0.4, 0.5) is 5.69 Å². The summed E-state index contributed by atoms with van der Waals surface area (Å²) in [6.07, 6.45) is 0. The zero-order valence-corrected chi connectivity index (χ0v) is 18.9. The number of nitrogens with one attached hydrogen (secondary N) is 1. The van der Waals surface area contributed by atoms with Crippen molar-refractivity contribution in [3.8, 4) is 0 Å². The largest absolute Gasteiger partial charge is 0.324 e. The Morgan fingerprint density at radius 3 is 2.61 bits per heavy atom. The first-order chi connectivity index (χ1) is 15.0. The quantitative estimate of drug-likeness (QED) is 0.301. The van der Waals surface area contributed by atoms with Crippen molar-refractivity contribution in [2.24, 2.45) is 7.05 Å². The molecule has 0 saturated heterocycles. The van der Waals surface area contributed by atoms with E-state index < -0.39 is 0 Å². The topological polar surface area (TPSA) is 64.0 Å². The number of rotatable bonds is 6. The van der Waals surface area contributed by atoms with Crippen LogP contribution in [0.2, 0.25) is 5.02 Å². The van der Waals surface area contributed by atoms with Crippen molar-refractivity contribution in [2.45, 2.75) is 14.9 Å². The fraction of sp³-hybridized carbons (Fsp3) is 0.0870. The number of fused-ring (bicyclic) bond motifs is 1. The van der Waals surface area contributed by atoms with E-state index in [0.717, 1.165) is 15.5 Å². The van der Waals surface area contributed by atoms with Crippen molar-refractivity contribution >= 4 is 57.6 Å². The number of halogens is 1. The second kappa shape index (κ2) is 9.60. The maximum Gasteiger partial charge on any atom is 0.261 e. The fourth-order valence-electron chi connectivity index (χ4n) is 2.94. The summed E-state index contributed by atoms with van der Waals surface area (Å²) >= 11 is 8.83. The molecule has 156 valence electrons. The lowest BCUT2D eigenvalue weighted by Crippen LogP contribution is -2.21. The van der Waals surface area contributed by atoms with Gasteiger partial charge in [0.15, 0.2) is 5.16 Å². The van der Waals surface area contributed by atoms with Gasteiger partial charge in [-0.05, 0) is 42.5 Å². The minimum absolute atomic E-state index is 0.122. The predicted octanol–water partition coefficient (Wildman–Crippen LogP) is 5.47. The average molecular weight is 468 g/mol. The third-order valence-corrected chi connectivity index (χ3v) is 6.81. The molecule has 1 aromatic heterocycles. The number of thioether (sulfide) groups is 1. The van der Waals surface area contributed by atoms with Crippen molar-refractivity contribution in [3.05, 3.63) is 88.2 Å². The van der Waals surface area contributed by atoms with Crippen LogP contribution < -0.4 is 10.9 Å². The molecule has 31 heavy (non-hydrogen) atoms. The van der Waals surface area contributed by atoms with E-state index in [1.54, 1.807) is 37.0 Å². The van der Waals surface area contributed by atoms with Crippen molar-refractivity contribution in [3.63, 3.8) is 0 Å². The Morgan fingerprint density at radius 2 is 1.81 bits per heavy atom. The maximum absolute atomic E-state index is 12.6. The van der Waals surface area contributed by atoms with Crippen LogP contribution in [-0.2, 0) is 11.8 Å². The van der Waals surface area contributed by atoms with Crippen LogP contribution in [0.15, 0.2) is 92.5 Å². The molecule has 1 N–H and O–H groups in total. The number of carbonyl (C=O) groups is 1. The molecule has 0 spiro atoms. The first-order valence-electron chi connectivity index (χ1n) is 9.42. The zero-order chi connectivity index (χ0) is 21.8. The second-order valence-electron chi connectivity index (χ2n) is 6.67. The third-order valence-electron chi connectivity index (χ3n) is 4.46. The summed E-state index contributed by atoms with van der Waals surface area (Å²) in [5.41, 5.74) is 1.09. The number of aromatic nitrogens is 2. The summed E-state index contributed by atoms with van der Waals surface area (Å²) in [4.78, 5) is 31.8. The Kier molecular flexibility index (Phi) is 6.65. The minimum Gasteiger partial charge on any atom is -0.324 e.